The second-order valence-corrected chi connectivity index (χ2v) is 4.85. The van der Waals surface area contributed by atoms with Gasteiger partial charge >= 0.3 is 0 Å². The Morgan fingerprint density at radius 3 is 2.50 bits per heavy atom. The van der Waals surface area contributed by atoms with Gasteiger partial charge in [-0.25, -0.2) is 13.1 Å². The van der Waals surface area contributed by atoms with Gasteiger partial charge in [-0.05, 0) is 11.5 Å². The van der Waals surface area contributed by atoms with Crippen LogP contribution in [0.5, 0.6) is 0 Å². The number of hydrogen-bond acceptors (Lipinski definition) is 3. The number of benzene rings is 2. The molecule has 0 bridgehead atoms. The van der Waals surface area contributed by atoms with E-state index < -0.39 is 10.0 Å². The Kier molecular flexibility index (Phi) is 2.50. The normalized spacial score (nSPS) is 10.9. The zero-order valence-electron chi connectivity index (χ0n) is 8.21. The van der Waals surface area contributed by atoms with Crippen molar-refractivity contribution in [1.82, 2.24) is 4.72 Å². The van der Waals surface area contributed by atoms with Crippen LogP contribution in [0, 0.1) is 11.5 Å². The Bertz CT molecular complexity index is 666. The fourth-order valence-electron chi connectivity index (χ4n) is 1.55. The van der Waals surface area contributed by atoms with Crippen molar-refractivity contribution >= 4 is 20.8 Å². The molecule has 4 nitrogen and oxygen atoms in total. The Morgan fingerprint density at radius 2 is 1.75 bits per heavy atom. The fourth-order valence-corrected chi connectivity index (χ4v) is 2.51. The maximum absolute atomic E-state index is 11.7. The summed E-state index contributed by atoms with van der Waals surface area (Å²) in [6.45, 7) is 0. The minimum Gasteiger partial charge on any atom is -0.215 e. The van der Waals surface area contributed by atoms with Crippen molar-refractivity contribution in [1.29, 1.82) is 5.26 Å². The highest BCUT2D eigenvalue weighted by Crippen LogP contribution is 2.22. The van der Waals surface area contributed by atoms with Crippen LogP contribution in [0.2, 0.25) is 0 Å². The maximum atomic E-state index is 11.7. The molecule has 80 valence electrons. The average Bonchev–Trinajstić information content (AvgIpc) is 2.28. The smallest absolute Gasteiger partial charge is 0.215 e. The molecule has 0 spiro atoms. The lowest BCUT2D eigenvalue weighted by Crippen LogP contribution is -2.18. The van der Waals surface area contributed by atoms with Gasteiger partial charge in [0, 0.05) is 5.39 Å². The highest BCUT2D eigenvalue weighted by Gasteiger charge is 2.15. The molecule has 0 radical (unpaired) electrons. The first kappa shape index (κ1) is 10.5. The van der Waals surface area contributed by atoms with E-state index in [0.717, 1.165) is 5.39 Å². The Balaban J connectivity index is 2.76. The lowest BCUT2D eigenvalue weighted by atomic mass is 10.1. The molecule has 0 unspecified atom stereocenters. The van der Waals surface area contributed by atoms with Crippen molar-refractivity contribution in [3.63, 3.8) is 0 Å². The third-order valence-electron chi connectivity index (χ3n) is 2.22. The summed E-state index contributed by atoms with van der Waals surface area (Å²) in [5.41, 5.74) is 0. The summed E-state index contributed by atoms with van der Waals surface area (Å²) in [6.07, 6.45) is 1.43. The Labute approximate surface area is 93.2 Å². The largest absolute Gasteiger partial charge is 0.270 e. The summed E-state index contributed by atoms with van der Waals surface area (Å²) < 4.78 is 25.2. The highest BCUT2D eigenvalue weighted by atomic mass is 32.2. The van der Waals surface area contributed by atoms with Crippen LogP contribution in [0.15, 0.2) is 47.4 Å². The molecule has 0 atom stereocenters. The number of sulfonamides is 1. The van der Waals surface area contributed by atoms with Crippen LogP contribution in [-0.4, -0.2) is 8.42 Å². The standard InChI is InChI=1S/C11H8N2O2S/c12-8-13-16(14,15)11-7-3-5-9-4-1-2-6-10(9)11/h1-7,13H. The van der Waals surface area contributed by atoms with Gasteiger partial charge < -0.3 is 0 Å². The van der Waals surface area contributed by atoms with E-state index in [4.69, 9.17) is 5.26 Å². The average molecular weight is 232 g/mol. The molecule has 0 saturated heterocycles. The van der Waals surface area contributed by atoms with Gasteiger partial charge in [0.15, 0.2) is 6.19 Å². The fraction of sp³-hybridized carbons (Fsp3) is 0. The molecule has 0 heterocycles. The monoisotopic (exact) mass is 232 g/mol. The molecule has 0 aliphatic heterocycles. The second kappa shape index (κ2) is 3.83. The highest BCUT2D eigenvalue weighted by molar-refractivity contribution is 7.89. The third kappa shape index (κ3) is 1.71. The zero-order chi connectivity index (χ0) is 11.6. The molecular weight excluding hydrogens is 224 g/mol. The molecular formula is C11H8N2O2S. The minimum atomic E-state index is -3.75. The minimum absolute atomic E-state index is 0.118. The number of rotatable bonds is 2. The van der Waals surface area contributed by atoms with Crippen molar-refractivity contribution in [2.75, 3.05) is 0 Å². The van der Waals surface area contributed by atoms with E-state index in [0.29, 0.717) is 5.39 Å². The summed E-state index contributed by atoms with van der Waals surface area (Å²) in [6, 6.07) is 12.1. The SMILES string of the molecule is N#CNS(=O)(=O)c1cccc2ccccc12. The number of nitriles is 1. The summed E-state index contributed by atoms with van der Waals surface area (Å²) in [5.74, 6) is 0. The van der Waals surface area contributed by atoms with Gasteiger partial charge in [-0.1, -0.05) is 36.4 Å². The van der Waals surface area contributed by atoms with Crippen LogP contribution in [0.1, 0.15) is 0 Å². The van der Waals surface area contributed by atoms with Crippen molar-refractivity contribution in [3.05, 3.63) is 42.5 Å². The number of hydrogen-bond donors (Lipinski definition) is 1. The second-order valence-electron chi connectivity index (χ2n) is 3.19. The number of nitrogens with one attached hydrogen (secondary N) is 1. The lowest BCUT2D eigenvalue weighted by molar-refractivity contribution is 0.592. The van der Waals surface area contributed by atoms with Crippen molar-refractivity contribution < 1.29 is 8.42 Å². The summed E-state index contributed by atoms with van der Waals surface area (Å²) in [7, 11) is -3.75. The first-order valence-corrected chi connectivity index (χ1v) is 6.02. The van der Waals surface area contributed by atoms with Gasteiger partial charge in [0.2, 0.25) is 0 Å². The molecule has 0 aromatic heterocycles. The Morgan fingerprint density at radius 1 is 1.06 bits per heavy atom. The molecule has 5 heteroatoms. The Hall–Kier alpha value is -2.06. The molecule has 0 aliphatic rings. The van der Waals surface area contributed by atoms with Crippen LogP contribution < -0.4 is 4.72 Å². The molecule has 0 aliphatic carbocycles. The van der Waals surface area contributed by atoms with Crippen LogP contribution in [0.4, 0.5) is 0 Å². The van der Waals surface area contributed by atoms with E-state index >= 15 is 0 Å². The summed E-state index contributed by atoms with van der Waals surface area (Å²) in [5, 5.41) is 9.82. The molecule has 0 amide bonds. The predicted molar refractivity (Wildman–Crippen MR) is 59.9 cm³/mol. The van der Waals surface area contributed by atoms with E-state index in [-0.39, 0.29) is 4.90 Å². The van der Waals surface area contributed by atoms with Gasteiger partial charge in [0.25, 0.3) is 10.0 Å². The van der Waals surface area contributed by atoms with Gasteiger partial charge in [-0.2, -0.15) is 5.26 Å². The van der Waals surface area contributed by atoms with Crippen LogP contribution in [0.25, 0.3) is 10.8 Å². The van der Waals surface area contributed by atoms with Crippen LogP contribution in [0.3, 0.4) is 0 Å². The van der Waals surface area contributed by atoms with Crippen molar-refractivity contribution in [3.8, 4) is 6.19 Å². The summed E-state index contributed by atoms with van der Waals surface area (Å²) >= 11 is 0. The van der Waals surface area contributed by atoms with E-state index in [1.54, 1.807) is 18.2 Å². The topological polar surface area (TPSA) is 70.0 Å². The quantitative estimate of drug-likeness (QED) is 0.631. The van der Waals surface area contributed by atoms with E-state index in [2.05, 4.69) is 0 Å². The predicted octanol–water partition coefficient (Wildman–Crippen LogP) is 1.60. The molecule has 1 N–H and O–H groups in total. The number of nitrogens with zero attached hydrogens (tertiary/aromatic N) is 1. The lowest BCUT2D eigenvalue weighted by Gasteiger charge is -2.05. The van der Waals surface area contributed by atoms with Gasteiger partial charge in [0.1, 0.15) is 0 Å². The van der Waals surface area contributed by atoms with Gasteiger partial charge in [-0.15, -0.1) is 0 Å². The van der Waals surface area contributed by atoms with E-state index in [1.807, 2.05) is 22.9 Å². The summed E-state index contributed by atoms with van der Waals surface area (Å²) in [4.78, 5) is 0.118. The molecule has 2 aromatic rings. The number of fused-ring (bicyclic) bond motifs is 1. The van der Waals surface area contributed by atoms with Crippen LogP contribution >= 0.6 is 0 Å². The molecule has 0 fully saturated rings. The molecule has 0 saturated carbocycles. The third-order valence-corrected chi connectivity index (χ3v) is 3.51. The van der Waals surface area contributed by atoms with Gasteiger partial charge in [-0.3, -0.25) is 0 Å². The van der Waals surface area contributed by atoms with E-state index in [1.165, 1.54) is 12.3 Å². The molecule has 16 heavy (non-hydrogen) atoms. The molecule has 2 aromatic carbocycles. The first-order chi connectivity index (χ1) is 7.65. The van der Waals surface area contributed by atoms with Crippen LogP contribution in [-0.2, 0) is 10.0 Å². The van der Waals surface area contributed by atoms with Gasteiger partial charge in [0.05, 0.1) is 4.90 Å². The van der Waals surface area contributed by atoms with E-state index in [9.17, 15) is 8.42 Å². The maximum Gasteiger partial charge on any atom is 0.270 e. The zero-order valence-corrected chi connectivity index (χ0v) is 9.03. The van der Waals surface area contributed by atoms with Crippen molar-refractivity contribution in [2.45, 2.75) is 4.90 Å². The van der Waals surface area contributed by atoms with Crippen molar-refractivity contribution in [2.24, 2.45) is 0 Å². The molecule has 2 rings (SSSR count). The first-order valence-electron chi connectivity index (χ1n) is 4.54.